The predicted molar refractivity (Wildman–Crippen MR) is 63.1 cm³/mol. The summed E-state index contributed by atoms with van der Waals surface area (Å²) in [6.45, 7) is 1.17. The first-order chi connectivity index (χ1) is 6.75. The molecule has 0 radical (unpaired) electrons. The van der Waals surface area contributed by atoms with Gasteiger partial charge in [0.25, 0.3) is 0 Å². The second kappa shape index (κ2) is 4.31. The molecular weight excluding hydrogens is 237 g/mol. The Hall–Kier alpha value is -0.561. The Kier molecular flexibility index (Phi) is 3.07. The number of fused-ring (bicyclic) bond motifs is 1. The minimum absolute atomic E-state index is 0.590. The quantitative estimate of drug-likeness (QED) is 0.755. The molecule has 2 heteroatoms. The average molecular weight is 252 g/mol. The van der Waals surface area contributed by atoms with Crippen molar-refractivity contribution in [2.24, 2.45) is 0 Å². The van der Waals surface area contributed by atoms with Crippen LogP contribution >= 0.6 is 0 Å². The summed E-state index contributed by atoms with van der Waals surface area (Å²) < 4.78 is 3.18. The number of nitrogens with zero attached hydrogens (tertiary/aromatic N) is 1. The van der Waals surface area contributed by atoms with E-state index in [1.165, 1.54) is 18.4 Å². The average Bonchev–Trinajstić information content (AvgIpc) is 2.57. The summed E-state index contributed by atoms with van der Waals surface area (Å²) >= 11 is 0.590. The molecule has 0 unspecified atom stereocenters. The zero-order chi connectivity index (χ0) is 9.97. The van der Waals surface area contributed by atoms with Crippen molar-refractivity contribution in [2.75, 3.05) is 20.6 Å². The molecule has 0 fully saturated rings. The van der Waals surface area contributed by atoms with Gasteiger partial charge in [0, 0.05) is 0 Å². The van der Waals surface area contributed by atoms with Crippen LogP contribution in [0.1, 0.15) is 4.44 Å². The van der Waals surface area contributed by atoms with Crippen LogP contribution in [0.3, 0.4) is 0 Å². The summed E-state index contributed by atoms with van der Waals surface area (Å²) in [6, 6.07) is 11.1. The summed E-state index contributed by atoms with van der Waals surface area (Å²) in [7, 11) is 4.27. The Labute approximate surface area is 91.1 Å². The van der Waals surface area contributed by atoms with E-state index in [1.807, 2.05) is 0 Å². The Balaban J connectivity index is 2.19. The second-order valence-corrected chi connectivity index (χ2v) is 6.26. The first-order valence-electron chi connectivity index (χ1n) is 4.88. The summed E-state index contributed by atoms with van der Waals surface area (Å²) in [4.78, 5) is 2.25. The van der Waals surface area contributed by atoms with Gasteiger partial charge in [-0.05, 0) is 0 Å². The van der Waals surface area contributed by atoms with E-state index in [4.69, 9.17) is 0 Å². The SMILES string of the molecule is CN(C)CCc1cc2ccccc2[se]1. The standard InChI is InChI=1S/C12H15NSe/c1-13(2)8-7-11-9-10-5-3-4-6-12(10)14-11/h3-6,9H,7-8H2,1-2H3. The molecule has 1 aromatic carbocycles. The Morgan fingerprint density at radius 3 is 2.71 bits per heavy atom. The molecule has 2 aromatic rings. The van der Waals surface area contributed by atoms with Crippen molar-refractivity contribution >= 4 is 24.1 Å². The molecule has 1 nitrogen and oxygen atoms in total. The number of likely N-dealkylation sites (N-methyl/N-ethyl adjacent to an activating group) is 1. The summed E-state index contributed by atoms with van der Waals surface area (Å²) in [5, 5.41) is 1.45. The van der Waals surface area contributed by atoms with Crippen molar-refractivity contribution in [3.63, 3.8) is 0 Å². The molecule has 2 rings (SSSR count). The van der Waals surface area contributed by atoms with Crippen molar-refractivity contribution in [1.82, 2.24) is 4.90 Å². The zero-order valence-electron chi connectivity index (χ0n) is 8.66. The summed E-state index contributed by atoms with van der Waals surface area (Å²) in [5.41, 5.74) is 0. The van der Waals surface area contributed by atoms with E-state index in [2.05, 4.69) is 49.3 Å². The number of rotatable bonds is 3. The fourth-order valence-corrected chi connectivity index (χ4v) is 3.70. The van der Waals surface area contributed by atoms with E-state index >= 15 is 0 Å². The van der Waals surface area contributed by atoms with Gasteiger partial charge in [-0.1, -0.05) is 0 Å². The molecule has 0 atom stereocenters. The maximum absolute atomic E-state index is 2.37. The molecule has 1 heterocycles. The van der Waals surface area contributed by atoms with Gasteiger partial charge in [0.1, 0.15) is 0 Å². The molecular formula is C12H15NSe. The first kappa shape index (κ1) is 9.97. The number of benzene rings is 1. The van der Waals surface area contributed by atoms with Crippen LogP contribution in [0, 0.1) is 0 Å². The van der Waals surface area contributed by atoms with E-state index in [0.29, 0.717) is 14.5 Å². The van der Waals surface area contributed by atoms with Gasteiger partial charge in [0.05, 0.1) is 0 Å². The van der Waals surface area contributed by atoms with Crippen molar-refractivity contribution in [3.05, 3.63) is 34.8 Å². The van der Waals surface area contributed by atoms with Crippen LogP contribution in [0.4, 0.5) is 0 Å². The Bertz CT molecular complexity index is 384. The molecule has 0 saturated heterocycles. The summed E-state index contributed by atoms with van der Waals surface area (Å²) in [6.07, 6.45) is 1.22. The van der Waals surface area contributed by atoms with Crippen molar-refractivity contribution < 1.29 is 0 Å². The molecule has 0 aliphatic rings. The van der Waals surface area contributed by atoms with Crippen LogP contribution in [-0.4, -0.2) is 40.0 Å². The Morgan fingerprint density at radius 1 is 1.21 bits per heavy atom. The van der Waals surface area contributed by atoms with Crippen LogP contribution < -0.4 is 0 Å². The number of hydrogen-bond donors (Lipinski definition) is 0. The zero-order valence-corrected chi connectivity index (χ0v) is 10.4. The third-order valence-corrected chi connectivity index (χ3v) is 4.75. The first-order valence-corrected chi connectivity index (χ1v) is 6.59. The maximum atomic E-state index is 2.37. The van der Waals surface area contributed by atoms with Gasteiger partial charge in [-0.15, -0.1) is 0 Å². The third kappa shape index (κ3) is 2.27. The third-order valence-electron chi connectivity index (χ3n) is 2.28. The molecule has 0 aliphatic carbocycles. The van der Waals surface area contributed by atoms with E-state index in [-0.39, 0.29) is 0 Å². The minimum atomic E-state index is 0.590. The molecule has 0 N–H and O–H groups in total. The normalized spacial score (nSPS) is 11.4. The molecule has 74 valence electrons. The fraction of sp³-hybridized carbons (Fsp3) is 0.333. The van der Waals surface area contributed by atoms with Gasteiger partial charge in [-0.3, -0.25) is 0 Å². The van der Waals surface area contributed by atoms with Gasteiger partial charge in [0.2, 0.25) is 0 Å². The van der Waals surface area contributed by atoms with Gasteiger partial charge in [0.15, 0.2) is 0 Å². The van der Waals surface area contributed by atoms with Crippen molar-refractivity contribution in [3.8, 4) is 0 Å². The monoisotopic (exact) mass is 253 g/mol. The predicted octanol–water partition coefficient (Wildman–Crippen LogP) is 2.00. The van der Waals surface area contributed by atoms with E-state index in [0.717, 1.165) is 0 Å². The van der Waals surface area contributed by atoms with Gasteiger partial charge < -0.3 is 0 Å². The van der Waals surface area contributed by atoms with Crippen molar-refractivity contribution in [2.45, 2.75) is 6.42 Å². The Morgan fingerprint density at radius 2 is 2.00 bits per heavy atom. The topological polar surface area (TPSA) is 3.24 Å². The van der Waals surface area contributed by atoms with Crippen LogP contribution in [0.25, 0.3) is 9.65 Å². The molecule has 0 amide bonds. The molecule has 0 spiro atoms. The van der Waals surface area contributed by atoms with Crippen LogP contribution in [0.5, 0.6) is 0 Å². The van der Waals surface area contributed by atoms with E-state index < -0.39 is 0 Å². The van der Waals surface area contributed by atoms with Gasteiger partial charge in [-0.25, -0.2) is 0 Å². The van der Waals surface area contributed by atoms with Crippen LogP contribution in [0.15, 0.2) is 30.3 Å². The molecule has 0 bridgehead atoms. The van der Waals surface area contributed by atoms with Crippen LogP contribution in [-0.2, 0) is 6.42 Å². The second-order valence-electron chi connectivity index (χ2n) is 3.80. The fourth-order valence-electron chi connectivity index (χ4n) is 1.49. The van der Waals surface area contributed by atoms with E-state index in [9.17, 15) is 0 Å². The molecule has 0 aliphatic heterocycles. The van der Waals surface area contributed by atoms with E-state index in [1.54, 1.807) is 8.70 Å². The number of hydrogen-bond acceptors (Lipinski definition) is 1. The van der Waals surface area contributed by atoms with Gasteiger partial charge in [-0.2, -0.15) is 0 Å². The molecule has 14 heavy (non-hydrogen) atoms. The summed E-state index contributed by atoms with van der Waals surface area (Å²) in [5.74, 6) is 0. The molecule has 0 saturated carbocycles. The van der Waals surface area contributed by atoms with Crippen molar-refractivity contribution in [1.29, 1.82) is 0 Å². The van der Waals surface area contributed by atoms with Gasteiger partial charge >= 0.3 is 90.9 Å². The molecule has 1 aromatic heterocycles. The van der Waals surface area contributed by atoms with Crippen LogP contribution in [0.2, 0.25) is 0 Å².